The van der Waals surface area contributed by atoms with Gasteiger partial charge >= 0.3 is 0 Å². The third kappa shape index (κ3) is 4.42. The van der Waals surface area contributed by atoms with Crippen molar-refractivity contribution in [1.82, 2.24) is 15.3 Å². The number of hydrogen-bond acceptors (Lipinski definition) is 6. The zero-order valence-corrected chi connectivity index (χ0v) is 12.7. The van der Waals surface area contributed by atoms with E-state index in [9.17, 15) is 4.79 Å². The van der Waals surface area contributed by atoms with Crippen LogP contribution in [0.1, 0.15) is 28.6 Å². The van der Waals surface area contributed by atoms with E-state index in [2.05, 4.69) is 27.5 Å². The van der Waals surface area contributed by atoms with Crippen LogP contribution in [0.2, 0.25) is 0 Å². The minimum Gasteiger partial charge on any atom is -0.382 e. The number of carbonyl (C=O) groups excluding carboxylic acids is 1. The number of hydrogen-bond donors (Lipinski definition) is 3. The smallest absolute Gasteiger partial charge is 0.265 e. The van der Waals surface area contributed by atoms with Crippen molar-refractivity contribution in [2.45, 2.75) is 19.8 Å². The molecule has 112 valence electrons. The first-order valence-corrected chi connectivity index (χ1v) is 7.69. The molecule has 2 heterocycles. The van der Waals surface area contributed by atoms with Crippen LogP contribution in [0.5, 0.6) is 0 Å². The molecule has 0 saturated heterocycles. The van der Waals surface area contributed by atoms with Gasteiger partial charge in [0.25, 0.3) is 5.91 Å². The van der Waals surface area contributed by atoms with Crippen molar-refractivity contribution in [1.29, 1.82) is 0 Å². The molecule has 0 saturated carbocycles. The summed E-state index contributed by atoms with van der Waals surface area (Å²) in [4.78, 5) is 20.7. The fourth-order valence-corrected chi connectivity index (χ4v) is 2.58. The number of rotatable bonds is 7. The van der Waals surface area contributed by atoms with Crippen LogP contribution in [0, 0.1) is 0 Å². The van der Waals surface area contributed by atoms with Crippen molar-refractivity contribution in [3.63, 3.8) is 0 Å². The molecule has 0 fully saturated rings. The summed E-state index contributed by atoms with van der Waals surface area (Å²) in [5.41, 5.74) is 6.87. The summed E-state index contributed by atoms with van der Waals surface area (Å²) < 4.78 is 0. The third-order valence-corrected chi connectivity index (χ3v) is 3.84. The van der Waals surface area contributed by atoms with E-state index < -0.39 is 0 Å². The van der Waals surface area contributed by atoms with Crippen molar-refractivity contribution in [3.05, 3.63) is 35.0 Å². The van der Waals surface area contributed by atoms with Gasteiger partial charge in [-0.25, -0.2) is 4.98 Å². The van der Waals surface area contributed by atoms with Gasteiger partial charge in [-0.3, -0.25) is 9.78 Å². The van der Waals surface area contributed by atoms with E-state index in [1.54, 1.807) is 12.4 Å². The highest BCUT2D eigenvalue weighted by Crippen LogP contribution is 2.24. The van der Waals surface area contributed by atoms with E-state index in [1.165, 1.54) is 11.3 Å². The Morgan fingerprint density at radius 1 is 1.43 bits per heavy atom. The van der Waals surface area contributed by atoms with Crippen LogP contribution in [0.4, 0.5) is 10.9 Å². The Labute approximate surface area is 127 Å². The van der Waals surface area contributed by atoms with E-state index in [1.807, 2.05) is 12.1 Å². The number of amides is 1. The van der Waals surface area contributed by atoms with Gasteiger partial charge in [-0.1, -0.05) is 24.3 Å². The van der Waals surface area contributed by atoms with Gasteiger partial charge in [-0.2, -0.15) is 0 Å². The van der Waals surface area contributed by atoms with Gasteiger partial charge < -0.3 is 16.4 Å². The highest BCUT2D eigenvalue weighted by Gasteiger charge is 2.15. The molecule has 0 spiro atoms. The number of nitrogens with zero attached hydrogens (tertiary/aromatic N) is 2. The fourth-order valence-electron chi connectivity index (χ4n) is 1.75. The fraction of sp³-hybridized carbons (Fsp3) is 0.357. The van der Waals surface area contributed by atoms with Crippen LogP contribution in [0.3, 0.4) is 0 Å². The van der Waals surface area contributed by atoms with Crippen LogP contribution in [-0.4, -0.2) is 29.0 Å². The van der Waals surface area contributed by atoms with Gasteiger partial charge in [0.1, 0.15) is 10.7 Å². The third-order valence-electron chi connectivity index (χ3n) is 2.81. The molecule has 2 rings (SSSR count). The lowest BCUT2D eigenvalue weighted by Gasteiger charge is -2.03. The zero-order valence-electron chi connectivity index (χ0n) is 11.9. The van der Waals surface area contributed by atoms with Crippen LogP contribution >= 0.6 is 11.3 Å². The molecule has 0 atom stereocenters. The molecule has 0 unspecified atom stereocenters. The van der Waals surface area contributed by atoms with Gasteiger partial charge in [-0.15, -0.1) is 0 Å². The summed E-state index contributed by atoms with van der Waals surface area (Å²) in [6.45, 7) is 3.42. The molecule has 0 aliphatic carbocycles. The predicted octanol–water partition coefficient (Wildman–Crippen LogP) is 1.91. The highest BCUT2D eigenvalue weighted by molar-refractivity contribution is 7.18. The van der Waals surface area contributed by atoms with E-state index in [0.717, 1.165) is 24.9 Å². The van der Waals surface area contributed by atoms with E-state index in [0.29, 0.717) is 16.6 Å². The van der Waals surface area contributed by atoms with Gasteiger partial charge in [0.15, 0.2) is 5.13 Å². The van der Waals surface area contributed by atoms with Crippen LogP contribution in [0.25, 0.3) is 0 Å². The maximum absolute atomic E-state index is 12.1. The van der Waals surface area contributed by atoms with Crippen molar-refractivity contribution in [2.75, 3.05) is 24.1 Å². The van der Waals surface area contributed by atoms with Gasteiger partial charge in [-0.05, 0) is 24.5 Å². The molecule has 0 aromatic carbocycles. The Hall–Kier alpha value is -2.15. The lowest BCUT2D eigenvalue weighted by Crippen LogP contribution is -2.25. The Bertz CT molecular complexity index is 584. The molecule has 21 heavy (non-hydrogen) atoms. The Morgan fingerprint density at radius 2 is 2.29 bits per heavy atom. The maximum Gasteiger partial charge on any atom is 0.265 e. The lowest BCUT2D eigenvalue weighted by atomic mass is 10.2. The largest absolute Gasteiger partial charge is 0.382 e. The number of nitrogen functional groups attached to an aromatic ring is 1. The molecule has 7 heteroatoms. The summed E-state index contributed by atoms with van der Waals surface area (Å²) in [7, 11) is 0. The number of nitrogens with one attached hydrogen (secondary N) is 2. The number of carbonyl (C=O) groups is 1. The van der Waals surface area contributed by atoms with Crippen LogP contribution < -0.4 is 16.4 Å². The number of aromatic nitrogens is 2. The standard InChI is InChI=1S/C14H19N5OS/c1-2-6-18-14-19-12(15)11(21-14)13(20)17-8-5-10-4-3-7-16-9-10/h3-4,7,9H,2,5-6,8,15H2,1H3,(H,17,20)(H,18,19). The Kier molecular flexibility index (Phi) is 5.51. The minimum absolute atomic E-state index is 0.182. The topological polar surface area (TPSA) is 92.9 Å². The molecule has 0 bridgehead atoms. The second-order valence-electron chi connectivity index (χ2n) is 4.53. The Balaban J connectivity index is 1.87. The number of nitrogens with two attached hydrogens (primary N) is 1. The lowest BCUT2D eigenvalue weighted by molar-refractivity contribution is 0.0959. The Morgan fingerprint density at radius 3 is 3.00 bits per heavy atom. The highest BCUT2D eigenvalue weighted by atomic mass is 32.1. The zero-order chi connectivity index (χ0) is 15.1. The number of pyridine rings is 1. The van der Waals surface area contributed by atoms with Crippen molar-refractivity contribution < 1.29 is 4.79 Å². The summed E-state index contributed by atoms with van der Waals surface area (Å²) in [5, 5.41) is 6.67. The first-order valence-electron chi connectivity index (χ1n) is 6.88. The molecule has 0 aliphatic heterocycles. The second kappa shape index (κ2) is 7.58. The normalized spacial score (nSPS) is 10.3. The number of anilines is 2. The van der Waals surface area contributed by atoms with E-state index in [-0.39, 0.29) is 11.7 Å². The van der Waals surface area contributed by atoms with Gasteiger partial charge in [0, 0.05) is 25.5 Å². The summed E-state index contributed by atoms with van der Waals surface area (Å²) in [5.74, 6) is 0.0934. The molecular weight excluding hydrogens is 286 g/mol. The van der Waals surface area contributed by atoms with Crippen molar-refractivity contribution >= 4 is 28.2 Å². The van der Waals surface area contributed by atoms with Crippen LogP contribution in [-0.2, 0) is 6.42 Å². The van der Waals surface area contributed by atoms with Crippen molar-refractivity contribution in [3.8, 4) is 0 Å². The minimum atomic E-state index is -0.182. The molecule has 1 amide bonds. The summed E-state index contributed by atoms with van der Waals surface area (Å²) >= 11 is 1.28. The van der Waals surface area contributed by atoms with E-state index >= 15 is 0 Å². The van der Waals surface area contributed by atoms with Crippen LogP contribution in [0.15, 0.2) is 24.5 Å². The summed E-state index contributed by atoms with van der Waals surface area (Å²) in [6, 6.07) is 3.86. The monoisotopic (exact) mass is 305 g/mol. The predicted molar refractivity (Wildman–Crippen MR) is 85.6 cm³/mol. The first kappa shape index (κ1) is 15.2. The molecule has 0 radical (unpaired) electrons. The molecule has 2 aromatic heterocycles. The molecule has 4 N–H and O–H groups in total. The quantitative estimate of drug-likeness (QED) is 0.726. The molecule has 0 aliphatic rings. The summed E-state index contributed by atoms with van der Waals surface area (Å²) in [6.07, 6.45) is 5.25. The molecule has 6 nitrogen and oxygen atoms in total. The molecular formula is C14H19N5OS. The molecule has 2 aromatic rings. The number of thiazole rings is 1. The average Bonchev–Trinajstić information content (AvgIpc) is 2.87. The average molecular weight is 305 g/mol. The maximum atomic E-state index is 12.1. The SMILES string of the molecule is CCCNc1nc(N)c(C(=O)NCCc2cccnc2)s1. The van der Waals surface area contributed by atoms with Gasteiger partial charge in [0.2, 0.25) is 0 Å². The van der Waals surface area contributed by atoms with Crippen molar-refractivity contribution in [2.24, 2.45) is 0 Å². The first-order chi connectivity index (χ1) is 10.2. The van der Waals surface area contributed by atoms with Gasteiger partial charge in [0.05, 0.1) is 0 Å². The van der Waals surface area contributed by atoms with E-state index in [4.69, 9.17) is 5.73 Å². The second-order valence-corrected chi connectivity index (χ2v) is 5.53.